The Hall–Kier alpha value is -2.06. The van der Waals surface area contributed by atoms with Crippen LogP contribution in [0.4, 0.5) is 10.5 Å². The molecule has 5 nitrogen and oxygen atoms in total. The molecule has 1 aromatic carbocycles. The standard InChI is InChI=1S/C13H14N2O3/c1-13(2,3)17-12(16)15-11(18-15)9-5-7-10(14-4)8-6-9/h5-8,11H,1-3H3. The van der Waals surface area contributed by atoms with Crippen molar-refractivity contribution in [3.05, 3.63) is 41.2 Å². The molecule has 18 heavy (non-hydrogen) atoms. The number of rotatable bonds is 1. The first kappa shape index (κ1) is 12.4. The van der Waals surface area contributed by atoms with E-state index in [-0.39, 0.29) is 0 Å². The van der Waals surface area contributed by atoms with Crippen LogP contribution >= 0.6 is 0 Å². The van der Waals surface area contributed by atoms with Crippen molar-refractivity contribution in [1.29, 1.82) is 0 Å². The molecule has 0 saturated carbocycles. The molecule has 0 spiro atoms. The number of hydrogen-bond acceptors (Lipinski definition) is 3. The summed E-state index contributed by atoms with van der Waals surface area (Å²) in [5, 5.41) is 1.18. The molecule has 0 aliphatic carbocycles. The van der Waals surface area contributed by atoms with E-state index in [1.54, 1.807) is 45.0 Å². The Bertz CT molecular complexity index is 496. The predicted molar refractivity (Wildman–Crippen MR) is 64.6 cm³/mol. The number of hydroxylamine groups is 2. The van der Waals surface area contributed by atoms with Gasteiger partial charge in [0.15, 0.2) is 5.69 Å². The van der Waals surface area contributed by atoms with Gasteiger partial charge in [0.1, 0.15) is 5.60 Å². The highest BCUT2D eigenvalue weighted by Crippen LogP contribution is 2.38. The van der Waals surface area contributed by atoms with Crippen molar-refractivity contribution in [1.82, 2.24) is 5.06 Å². The van der Waals surface area contributed by atoms with E-state index in [9.17, 15) is 4.79 Å². The molecule has 1 atom stereocenters. The largest absolute Gasteiger partial charge is 0.442 e. The zero-order chi connectivity index (χ0) is 13.3. The zero-order valence-electron chi connectivity index (χ0n) is 10.5. The quantitative estimate of drug-likeness (QED) is 0.563. The van der Waals surface area contributed by atoms with Crippen LogP contribution in [0.3, 0.4) is 0 Å². The fraction of sp³-hybridized carbons (Fsp3) is 0.385. The van der Waals surface area contributed by atoms with E-state index in [2.05, 4.69) is 4.85 Å². The average Bonchev–Trinajstić information content (AvgIpc) is 3.07. The minimum atomic E-state index is -0.540. The molecule has 1 heterocycles. The van der Waals surface area contributed by atoms with Crippen molar-refractivity contribution in [2.24, 2.45) is 0 Å². The van der Waals surface area contributed by atoms with Gasteiger partial charge in [-0.2, -0.15) is 0 Å². The molecular formula is C13H14N2O3. The second-order valence-electron chi connectivity index (χ2n) is 4.97. The van der Waals surface area contributed by atoms with Crippen LogP contribution in [-0.2, 0) is 9.57 Å². The molecular weight excluding hydrogens is 232 g/mol. The van der Waals surface area contributed by atoms with Crippen LogP contribution in [0.5, 0.6) is 0 Å². The Morgan fingerprint density at radius 1 is 1.39 bits per heavy atom. The minimum absolute atomic E-state index is 0.403. The molecule has 1 saturated heterocycles. The van der Waals surface area contributed by atoms with Gasteiger partial charge >= 0.3 is 6.09 Å². The Labute approximate surface area is 106 Å². The fourth-order valence-corrected chi connectivity index (χ4v) is 1.44. The summed E-state index contributed by atoms with van der Waals surface area (Å²) in [6.45, 7) is 12.3. The van der Waals surface area contributed by atoms with Crippen molar-refractivity contribution >= 4 is 11.8 Å². The molecule has 1 amide bonds. The zero-order valence-corrected chi connectivity index (χ0v) is 10.5. The number of benzene rings is 1. The Balaban J connectivity index is 1.98. The summed E-state index contributed by atoms with van der Waals surface area (Å²) in [6.07, 6.45) is -0.901. The van der Waals surface area contributed by atoms with Gasteiger partial charge < -0.3 is 4.74 Å². The first-order valence-electron chi connectivity index (χ1n) is 5.57. The summed E-state index contributed by atoms with van der Waals surface area (Å²) in [7, 11) is 0. The van der Waals surface area contributed by atoms with E-state index in [0.717, 1.165) is 5.56 Å². The van der Waals surface area contributed by atoms with E-state index in [1.807, 2.05) is 0 Å². The van der Waals surface area contributed by atoms with Gasteiger partial charge in [0.2, 0.25) is 6.23 Å². The number of carbonyl (C=O) groups is 1. The second kappa shape index (κ2) is 4.31. The van der Waals surface area contributed by atoms with Gasteiger partial charge in [-0.15, -0.1) is 5.06 Å². The average molecular weight is 246 g/mol. The number of nitrogens with zero attached hydrogens (tertiary/aromatic N) is 2. The summed E-state index contributed by atoms with van der Waals surface area (Å²) in [5.41, 5.74) is 0.845. The van der Waals surface area contributed by atoms with Crippen molar-refractivity contribution < 1.29 is 14.4 Å². The first-order valence-corrected chi connectivity index (χ1v) is 5.57. The normalized spacial score (nSPS) is 18.1. The SMILES string of the molecule is [C-]#[N+]c1ccc(C2ON2C(=O)OC(C)(C)C)cc1. The van der Waals surface area contributed by atoms with E-state index >= 15 is 0 Å². The lowest BCUT2D eigenvalue weighted by molar-refractivity contribution is 0.0209. The molecule has 94 valence electrons. The van der Waals surface area contributed by atoms with Crippen LogP contribution < -0.4 is 0 Å². The van der Waals surface area contributed by atoms with E-state index in [0.29, 0.717) is 5.69 Å². The van der Waals surface area contributed by atoms with Crippen molar-refractivity contribution in [2.45, 2.75) is 32.6 Å². The second-order valence-corrected chi connectivity index (χ2v) is 4.97. The molecule has 0 bridgehead atoms. The molecule has 0 radical (unpaired) electrons. The topological polar surface area (TPSA) is 46.2 Å². The minimum Gasteiger partial charge on any atom is -0.442 e. The molecule has 1 aliphatic heterocycles. The lowest BCUT2D eigenvalue weighted by Gasteiger charge is -2.18. The first-order chi connectivity index (χ1) is 8.40. The maximum Gasteiger partial charge on any atom is 0.437 e. The molecule has 0 aromatic heterocycles. The number of hydrogen-bond donors (Lipinski definition) is 0. The summed E-state index contributed by atoms with van der Waals surface area (Å²) in [6, 6.07) is 6.92. The Kier molecular flexibility index (Phi) is 2.97. The molecule has 1 fully saturated rings. The van der Waals surface area contributed by atoms with Gasteiger partial charge in [0.25, 0.3) is 0 Å². The van der Waals surface area contributed by atoms with Crippen LogP contribution in [0.1, 0.15) is 32.6 Å². The maximum atomic E-state index is 11.7. The van der Waals surface area contributed by atoms with E-state index in [1.165, 1.54) is 5.06 Å². The van der Waals surface area contributed by atoms with Gasteiger partial charge in [0.05, 0.1) is 6.57 Å². The van der Waals surface area contributed by atoms with Crippen LogP contribution in [0.15, 0.2) is 24.3 Å². The molecule has 5 heteroatoms. The third-order valence-electron chi connectivity index (χ3n) is 2.26. The van der Waals surface area contributed by atoms with E-state index in [4.69, 9.17) is 16.1 Å². The summed E-state index contributed by atoms with van der Waals surface area (Å²) >= 11 is 0. The number of amides is 1. The van der Waals surface area contributed by atoms with Gasteiger partial charge in [-0.1, -0.05) is 24.3 Å². The molecule has 1 aliphatic rings. The number of ether oxygens (including phenoxy) is 1. The number of carbonyl (C=O) groups excluding carboxylic acids is 1. The molecule has 1 unspecified atom stereocenters. The van der Waals surface area contributed by atoms with E-state index < -0.39 is 17.9 Å². The maximum absolute atomic E-state index is 11.7. The summed E-state index contributed by atoms with van der Waals surface area (Å²) in [4.78, 5) is 20.1. The Morgan fingerprint density at radius 2 is 2.00 bits per heavy atom. The highest BCUT2D eigenvalue weighted by Gasteiger charge is 2.45. The molecule has 1 aromatic rings. The van der Waals surface area contributed by atoms with Crippen molar-refractivity contribution in [3.63, 3.8) is 0 Å². The van der Waals surface area contributed by atoms with Crippen LogP contribution in [0.2, 0.25) is 0 Å². The van der Waals surface area contributed by atoms with Gasteiger partial charge in [-0.3, -0.25) is 0 Å². The monoisotopic (exact) mass is 246 g/mol. The molecule has 2 rings (SSSR count). The van der Waals surface area contributed by atoms with Crippen LogP contribution in [0, 0.1) is 6.57 Å². The van der Waals surface area contributed by atoms with Gasteiger partial charge in [-0.25, -0.2) is 14.5 Å². The third kappa shape index (κ3) is 2.79. The van der Waals surface area contributed by atoms with Crippen LogP contribution in [-0.4, -0.2) is 16.8 Å². The summed E-state index contributed by atoms with van der Waals surface area (Å²) in [5.74, 6) is 0. The highest BCUT2D eigenvalue weighted by molar-refractivity contribution is 5.69. The van der Waals surface area contributed by atoms with Gasteiger partial charge in [-0.05, 0) is 20.8 Å². The van der Waals surface area contributed by atoms with Gasteiger partial charge in [0, 0.05) is 5.56 Å². The fourth-order valence-electron chi connectivity index (χ4n) is 1.44. The summed E-state index contributed by atoms with van der Waals surface area (Å²) < 4.78 is 5.17. The highest BCUT2D eigenvalue weighted by atomic mass is 16.9. The van der Waals surface area contributed by atoms with Crippen LogP contribution in [0.25, 0.3) is 4.85 Å². The lowest BCUT2D eigenvalue weighted by atomic mass is 10.2. The van der Waals surface area contributed by atoms with Crippen molar-refractivity contribution in [3.8, 4) is 0 Å². The smallest absolute Gasteiger partial charge is 0.437 e. The predicted octanol–water partition coefficient (Wildman–Crippen LogP) is 3.42. The third-order valence-corrected chi connectivity index (χ3v) is 2.26. The molecule has 0 N–H and O–H groups in total. The van der Waals surface area contributed by atoms with Crippen molar-refractivity contribution in [2.75, 3.05) is 0 Å². The Morgan fingerprint density at radius 3 is 2.50 bits per heavy atom. The lowest BCUT2D eigenvalue weighted by Crippen LogP contribution is -2.27.